The molecule has 0 aliphatic heterocycles. The highest BCUT2D eigenvalue weighted by atomic mass is 19.1. The largest absolute Gasteiger partial charge is 0.339 e. The average Bonchev–Trinajstić information content (AvgIpc) is 3.08. The number of hydrogen-bond acceptors (Lipinski definition) is 3. The van der Waals surface area contributed by atoms with Crippen LogP contribution in [0.25, 0.3) is 11.0 Å². The van der Waals surface area contributed by atoms with Crippen LogP contribution in [0.3, 0.4) is 0 Å². The molecule has 0 saturated heterocycles. The lowest BCUT2D eigenvalue weighted by Crippen LogP contribution is -2.38. The number of imidazole rings is 1. The van der Waals surface area contributed by atoms with Gasteiger partial charge in [0.15, 0.2) is 0 Å². The molecule has 30 heavy (non-hydrogen) atoms. The molecule has 4 rings (SSSR count). The van der Waals surface area contributed by atoms with Crippen LogP contribution in [0.2, 0.25) is 0 Å². The minimum atomic E-state index is -0.518. The molecule has 1 aliphatic carbocycles. The number of nitrogens with one attached hydrogen (secondary N) is 1. The third kappa shape index (κ3) is 3.99. The molecule has 0 radical (unpaired) electrons. The van der Waals surface area contributed by atoms with Gasteiger partial charge in [0.1, 0.15) is 5.82 Å². The van der Waals surface area contributed by atoms with Crippen LogP contribution in [-0.4, -0.2) is 39.2 Å². The van der Waals surface area contributed by atoms with Gasteiger partial charge in [0, 0.05) is 31.8 Å². The van der Waals surface area contributed by atoms with Gasteiger partial charge in [-0.15, -0.1) is 0 Å². The van der Waals surface area contributed by atoms with Crippen LogP contribution < -0.4 is 0 Å². The van der Waals surface area contributed by atoms with Gasteiger partial charge in [-0.2, -0.15) is 0 Å². The number of nitrogens with zero attached hydrogens (tertiary/aromatic N) is 3. The Kier molecular flexibility index (Phi) is 5.66. The first-order valence-electron chi connectivity index (χ1n) is 10.5. The number of rotatable bonds is 7. The summed E-state index contributed by atoms with van der Waals surface area (Å²) >= 11 is 0. The van der Waals surface area contributed by atoms with Gasteiger partial charge < -0.3 is 14.9 Å². The quantitative estimate of drug-likeness (QED) is 0.568. The van der Waals surface area contributed by atoms with E-state index in [0.29, 0.717) is 24.6 Å². The Morgan fingerprint density at radius 1 is 1.30 bits per heavy atom. The molecule has 1 aliphatic rings. The lowest BCUT2D eigenvalue weighted by Gasteiger charge is -2.31. The van der Waals surface area contributed by atoms with Crippen LogP contribution in [0.5, 0.6) is 0 Å². The van der Waals surface area contributed by atoms with Gasteiger partial charge in [0.2, 0.25) is 0 Å². The zero-order valence-corrected chi connectivity index (χ0v) is 17.4. The summed E-state index contributed by atoms with van der Waals surface area (Å²) in [6.45, 7) is 2.40. The molecule has 1 aromatic heterocycles. The number of hydrogen-bond donors (Lipinski definition) is 1. The fourth-order valence-corrected chi connectivity index (χ4v) is 3.93. The maximum Gasteiger partial charge on any atom is 0.256 e. The first-order chi connectivity index (χ1) is 14.4. The molecule has 156 valence electrons. The van der Waals surface area contributed by atoms with Crippen molar-refractivity contribution >= 4 is 22.7 Å². The van der Waals surface area contributed by atoms with E-state index in [9.17, 15) is 9.18 Å². The second-order valence-electron chi connectivity index (χ2n) is 8.30. The van der Waals surface area contributed by atoms with Crippen LogP contribution in [0, 0.1) is 17.1 Å². The van der Waals surface area contributed by atoms with Crippen LogP contribution in [0.4, 0.5) is 4.39 Å². The first-order valence-corrected chi connectivity index (χ1v) is 10.5. The molecule has 1 saturated carbocycles. The summed E-state index contributed by atoms with van der Waals surface area (Å²) in [6, 6.07) is 12.4. The van der Waals surface area contributed by atoms with Gasteiger partial charge in [-0.1, -0.05) is 24.6 Å². The maximum absolute atomic E-state index is 14.8. The summed E-state index contributed by atoms with van der Waals surface area (Å²) < 4.78 is 16.8. The molecule has 1 amide bonds. The number of halogens is 1. The normalized spacial score (nSPS) is 15.0. The molecule has 5 nitrogen and oxygen atoms in total. The number of carbonyl (C=O) groups is 1. The van der Waals surface area contributed by atoms with Gasteiger partial charge in [-0.3, -0.25) is 4.79 Å². The van der Waals surface area contributed by atoms with Crippen LogP contribution in [-0.2, 0) is 6.54 Å². The SMILES string of the molecule is C[C@H](CC(=N)C1CCC1)N(C)C(=O)c1ccc(Cn2cnc3ccccc32)cc1F. The van der Waals surface area contributed by atoms with Crippen LogP contribution >= 0.6 is 0 Å². The Balaban J connectivity index is 1.45. The number of aromatic nitrogens is 2. The number of amides is 1. The number of para-hydroxylation sites is 2. The van der Waals surface area contributed by atoms with E-state index >= 15 is 0 Å². The monoisotopic (exact) mass is 406 g/mol. The van der Waals surface area contributed by atoms with Gasteiger partial charge in [0.05, 0.1) is 22.9 Å². The summed E-state index contributed by atoms with van der Waals surface area (Å²) in [6.07, 6.45) is 5.62. The van der Waals surface area contributed by atoms with E-state index in [1.54, 1.807) is 30.4 Å². The lowest BCUT2D eigenvalue weighted by atomic mass is 9.80. The molecule has 6 heteroatoms. The third-order valence-corrected chi connectivity index (χ3v) is 6.24. The van der Waals surface area contributed by atoms with E-state index in [2.05, 4.69) is 4.98 Å². The topological polar surface area (TPSA) is 62.0 Å². The summed E-state index contributed by atoms with van der Waals surface area (Å²) in [5.41, 5.74) is 3.43. The van der Waals surface area contributed by atoms with Gasteiger partial charge >= 0.3 is 0 Å². The molecule has 1 atom stereocenters. The van der Waals surface area contributed by atoms with E-state index in [0.717, 1.165) is 29.4 Å². The van der Waals surface area contributed by atoms with Crippen LogP contribution in [0.15, 0.2) is 48.8 Å². The molecule has 2 aromatic carbocycles. The molecule has 0 bridgehead atoms. The molecule has 0 unspecified atom stereocenters. The highest BCUT2D eigenvalue weighted by Crippen LogP contribution is 2.29. The van der Waals surface area contributed by atoms with Crippen molar-refractivity contribution < 1.29 is 9.18 Å². The van der Waals surface area contributed by atoms with Crippen LogP contribution in [0.1, 0.15) is 48.5 Å². The number of fused-ring (bicyclic) bond motifs is 1. The Bertz CT molecular complexity index is 1090. The van der Waals surface area contributed by atoms with Gasteiger partial charge in [0.25, 0.3) is 5.91 Å². The summed E-state index contributed by atoms with van der Waals surface area (Å²) in [5.74, 6) is -0.498. The standard InChI is InChI=1S/C24H27FN4O/c1-16(12-21(26)18-6-5-7-18)28(2)24(30)19-11-10-17(13-20(19)25)14-29-15-27-22-8-3-4-9-23(22)29/h3-4,8-11,13,15-16,18,26H,5-7,12,14H2,1-2H3/t16-/m1/s1. The zero-order valence-electron chi connectivity index (χ0n) is 17.4. The van der Waals surface area contributed by atoms with Crippen molar-refractivity contribution in [3.05, 3.63) is 65.7 Å². The van der Waals surface area contributed by atoms with Gasteiger partial charge in [-0.05, 0) is 55.5 Å². The van der Waals surface area contributed by atoms with Crippen molar-refractivity contribution in [2.75, 3.05) is 7.05 Å². The van der Waals surface area contributed by atoms with E-state index < -0.39 is 5.82 Å². The average molecular weight is 407 g/mol. The summed E-state index contributed by atoms with van der Waals surface area (Å²) in [7, 11) is 1.69. The molecule has 1 heterocycles. The molecule has 3 aromatic rings. The number of benzene rings is 2. The number of carbonyl (C=O) groups excluding carboxylic acids is 1. The van der Waals surface area contributed by atoms with E-state index in [-0.39, 0.29) is 17.5 Å². The van der Waals surface area contributed by atoms with Crippen molar-refractivity contribution in [3.8, 4) is 0 Å². The predicted octanol–water partition coefficient (Wildman–Crippen LogP) is 4.89. The fourth-order valence-electron chi connectivity index (χ4n) is 3.93. The smallest absolute Gasteiger partial charge is 0.256 e. The van der Waals surface area contributed by atoms with E-state index in [1.165, 1.54) is 12.5 Å². The van der Waals surface area contributed by atoms with Crippen molar-refractivity contribution in [1.82, 2.24) is 14.5 Å². The molecule has 1 N–H and O–H groups in total. The molecular formula is C24H27FN4O. The maximum atomic E-state index is 14.8. The lowest BCUT2D eigenvalue weighted by molar-refractivity contribution is 0.0742. The second-order valence-corrected chi connectivity index (χ2v) is 8.30. The molecular weight excluding hydrogens is 379 g/mol. The van der Waals surface area contributed by atoms with Crippen molar-refractivity contribution in [2.24, 2.45) is 5.92 Å². The molecule has 1 fully saturated rings. The predicted molar refractivity (Wildman–Crippen MR) is 116 cm³/mol. The fraction of sp³-hybridized carbons (Fsp3) is 0.375. The minimum absolute atomic E-state index is 0.0683. The molecule has 0 spiro atoms. The zero-order chi connectivity index (χ0) is 21.3. The Morgan fingerprint density at radius 2 is 2.07 bits per heavy atom. The Hall–Kier alpha value is -3.02. The van der Waals surface area contributed by atoms with Crippen molar-refractivity contribution in [1.29, 1.82) is 5.41 Å². The van der Waals surface area contributed by atoms with E-state index in [4.69, 9.17) is 5.41 Å². The Labute approximate surface area is 176 Å². The van der Waals surface area contributed by atoms with Gasteiger partial charge in [-0.25, -0.2) is 9.37 Å². The van der Waals surface area contributed by atoms with Crippen molar-refractivity contribution in [2.45, 2.75) is 45.2 Å². The first kappa shape index (κ1) is 20.3. The van der Waals surface area contributed by atoms with E-state index in [1.807, 2.05) is 35.8 Å². The highest BCUT2D eigenvalue weighted by Gasteiger charge is 2.26. The summed E-state index contributed by atoms with van der Waals surface area (Å²) in [5, 5.41) is 8.22. The summed E-state index contributed by atoms with van der Waals surface area (Å²) in [4.78, 5) is 18.8. The third-order valence-electron chi connectivity index (χ3n) is 6.24. The highest BCUT2D eigenvalue weighted by molar-refractivity contribution is 5.95. The Morgan fingerprint density at radius 3 is 2.77 bits per heavy atom. The minimum Gasteiger partial charge on any atom is -0.339 e. The second kappa shape index (κ2) is 8.38. The van der Waals surface area contributed by atoms with Crippen molar-refractivity contribution in [3.63, 3.8) is 0 Å².